The lowest BCUT2D eigenvalue weighted by Gasteiger charge is -2.13. The van der Waals surface area contributed by atoms with Gasteiger partial charge < -0.3 is 19.5 Å². The van der Waals surface area contributed by atoms with E-state index >= 15 is 0 Å². The lowest BCUT2D eigenvalue weighted by molar-refractivity contribution is -0.150. The second-order valence-corrected chi connectivity index (χ2v) is 6.12. The maximum Gasteiger partial charge on any atom is 0.344 e. The van der Waals surface area contributed by atoms with Gasteiger partial charge in [0.2, 0.25) is 0 Å². The van der Waals surface area contributed by atoms with Crippen molar-refractivity contribution in [2.24, 2.45) is 0 Å². The maximum absolute atomic E-state index is 11.7. The minimum atomic E-state index is -0.568. The molecule has 1 saturated heterocycles. The number of amides is 1. The minimum absolute atomic E-state index is 0.0699. The van der Waals surface area contributed by atoms with Gasteiger partial charge in [-0.15, -0.1) is 0 Å². The van der Waals surface area contributed by atoms with Crippen LogP contribution in [0.15, 0.2) is 12.1 Å². The number of rotatable bonds is 7. The van der Waals surface area contributed by atoms with Crippen LogP contribution in [0.4, 0.5) is 0 Å². The van der Waals surface area contributed by atoms with E-state index in [2.05, 4.69) is 5.32 Å². The number of esters is 1. The topological polar surface area (TPSA) is 73.9 Å². The predicted octanol–water partition coefficient (Wildman–Crippen LogP) is 1.83. The highest BCUT2D eigenvalue weighted by Gasteiger charge is 2.17. The van der Waals surface area contributed by atoms with E-state index in [1.807, 2.05) is 32.9 Å². The Morgan fingerprint density at radius 3 is 2.54 bits per heavy atom. The average Bonchev–Trinajstić information content (AvgIpc) is 3.03. The first-order valence-electron chi connectivity index (χ1n) is 8.20. The molecule has 1 aromatic rings. The number of benzene rings is 1. The third-order valence-electron chi connectivity index (χ3n) is 3.85. The van der Waals surface area contributed by atoms with Gasteiger partial charge in [0.15, 0.2) is 13.2 Å². The molecule has 6 heteroatoms. The smallest absolute Gasteiger partial charge is 0.344 e. The van der Waals surface area contributed by atoms with E-state index in [-0.39, 0.29) is 25.2 Å². The summed E-state index contributed by atoms with van der Waals surface area (Å²) in [6.45, 7) is 6.54. The molecule has 1 aliphatic rings. The van der Waals surface area contributed by atoms with Crippen LogP contribution in [-0.2, 0) is 19.1 Å². The van der Waals surface area contributed by atoms with E-state index in [4.69, 9.17) is 14.2 Å². The fourth-order valence-corrected chi connectivity index (χ4v) is 2.80. The van der Waals surface area contributed by atoms with Gasteiger partial charge in [0.05, 0.1) is 6.10 Å². The van der Waals surface area contributed by atoms with Crippen molar-refractivity contribution in [1.29, 1.82) is 0 Å². The standard InChI is InChI=1S/C18H25NO5/c1-12-7-13(2)18(14(3)8-12)24-11-17(21)23-10-16(20)19-9-15-5-4-6-22-15/h7-8,15H,4-6,9-11H2,1-3H3,(H,19,20)/t15-/m0/s1. The first-order valence-corrected chi connectivity index (χ1v) is 8.20. The van der Waals surface area contributed by atoms with Gasteiger partial charge in [-0.3, -0.25) is 4.79 Å². The number of carbonyl (C=O) groups is 2. The summed E-state index contributed by atoms with van der Waals surface area (Å²) in [5, 5.41) is 2.70. The molecule has 132 valence electrons. The number of carbonyl (C=O) groups excluding carboxylic acids is 2. The van der Waals surface area contributed by atoms with Gasteiger partial charge in [-0.1, -0.05) is 17.7 Å². The van der Waals surface area contributed by atoms with Crippen LogP contribution in [0.25, 0.3) is 0 Å². The Bertz CT molecular complexity index is 570. The van der Waals surface area contributed by atoms with E-state index in [0.717, 1.165) is 36.1 Å². The lowest BCUT2D eigenvalue weighted by atomic mass is 10.1. The summed E-state index contributed by atoms with van der Waals surface area (Å²) < 4.78 is 15.9. The molecule has 0 radical (unpaired) electrons. The van der Waals surface area contributed by atoms with Gasteiger partial charge in [0.25, 0.3) is 5.91 Å². The summed E-state index contributed by atoms with van der Waals surface area (Å²) in [6.07, 6.45) is 2.04. The molecule has 0 bridgehead atoms. The zero-order valence-corrected chi connectivity index (χ0v) is 14.5. The molecule has 0 unspecified atom stereocenters. The summed E-state index contributed by atoms with van der Waals surface area (Å²) in [6, 6.07) is 3.98. The first-order chi connectivity index (χ1) is 11.5. The average molecular weight is 335 g/mol. The summed E-state index contributed by atoms with van der Waals surface area (Å²) in [5.74, 6) is -0.219. The van der Waals surface area contributed by atoms with Gasteiger partial charge in [-0.05, 0) is 44.7 Å². The number of hydrogen-bond donors (Lipinski definition) is 1. The van der Waals surface area contributed by atoms with Crippen molar-refractivity contribution in [1.82, 2.24) is 5.32 Å². The molecule has 24 heavy (non-hydrogen) atoms. The van der Waals surface area contributed by atoms with E-state index in [9.17, 15) is 9.59 Å². The highest BCUT2D eigenvalue weighted by atomic mass is 16.6. The Hall–Kier alpha value is -2.08. The number of nitrogens with one attached hydrogen (secondary N) is 1. The monoisotopic (exact) mass is 335 g/mol. The van der Waals surface area contributed by atoms with E-state index < -0.39 is 5.97 Å². The second-order valence-electron chi connectivity index (χ2n) is 6.12. The molecule has 1 heterocycles. The Balaban J connectivity index is 1.68. The molecule has 0 spiro atoms. The molecular weight excluding hydrogens is 310 g/mol. The molecule has 1 N–H and O–H groups in total. The molecule has 1 atom stereocenters. The molecule has 0 aliphatic carbocycles. The van der Waals surface area contributed by atoms with Crippen molar-refractivity contribution in [2.45, 2.75) is 39.7 Å². The van der Waals surface area contributed by atoms with Crippen molar-refractivity contribution < 1.29 is 23.8 Å². The van der Waals surface area contributed by atoms with Crippen LogP contribution < -0.4 is 10.1 Å². The fraction of sp³-hybridized carbons (Fsp3) is 0.556. The minimum Gasteiger partial charge on any atom is -0.481 e. The number of aryl methyl sites for hydroxylation is 3. The van der Waals surface area contributed by atoms with E-state index in [1.165, 1.54) is 0 Å². The van der Waals surface area contributed by atoms with E-state index in [1.54, 1.807) is 0 Å². The Kier molecular flexibility index (Phi) is 6.61. The largest absolute Gasteiger partial charge is 0.481 e. The summed E-state index contributed by atoms with van der Waals surface area (Å²) >= 11 is 0. The number of hydrogen-bond acceptors (Lipinski definition) is 5. The van der Waals surface area contributed by atoms with Crippen LogP contribution in [0, 0.1) is 20.8 Å². The fourth-order valence-electron chi connectivity index (χ4n) is 2.80. The van der Waals surface area contributed by atoms with Crippen LogP contribution in [0.2, 0.25) is 0 Å². The lowest BCUT2D eigenvalue weighted by Crippen LogP contribution is -2.35. The maximum atomic E-state index is 11.7. The Morgan fingerprint density at radius 1 is 1.21 bits per heavy atom. The van der Waals surface area contributed by atoms with Crippen LogP contribution in [0.5, 0.6) is 5.75 Å². The molecule has 1 aromatic carbocycles. The molecular formula is C18H25NO5. The van der Waals surface area contributed by atoms with Crippen LogP contribution in [-0.4, -0.2) is 44.3 Å². The van der Waals surface area contributed by atoms with Crippen LogP contribution >= 0.6 is 0 Å². The second kappa shape index (κ2) is 8.68. The Morgan fingerprint density at radius 2 is 1.92 bits per heavy atom. The SMILES string of the molecule is Cc1cc(C)c(OCC(=O)OCC(=O)NC[C@@H]2CCCO2)c(C)c1. The van der Waals surface area contributed by atoms with Crippen molar-refractivity contribution in [3.63, 3.8) is 0 Å². The van der Waals surface area contributed by atoms with E-state index in [0.29, 0.717) is 12.3 Å². The van der Waals surface area contributed by atoms with Crippen molar-refractivity contribution in [2.75, 3.05) is 26.4 Å². The van der Waals surface area contributed by atoms with Gasteiger partial charge in [0.1, 0.15) is 5.75 Å². The van der Waals surface area contributed by atoms with Gasteiger partial charge >= 0.3 is 5.97 Å². The van der Waals surface area contributed by atoms with Crippen molar-refractivity contribution in [3.8, 4) is 5.75 Å². The third kappa shape index (κ3) is 5.53. The third-order valence-corrected chi connectivity index (χ3v) is 3.85. The summed E-state index contributed by atoms with van der Waals surface area (Å²) in [5.41, 5.74) is 3.08. The molecule has 1 amide bonds. The summed E-state index contributed by atoms with van der Waals surface area (Å²) in [7, 11) is 0. The molecule has 1 fully saturated rings. The van der Waals surface area contributed by atoms with Gasteiger partial charge in [0, 0.05) is 13.2 Å². The van der Waals surface area contributed by atoms with Gasteiger partial charge in [-0.2, -0.15) is 0 Å². The number of ether oxygens (including phenoxy) is 3. The predicted molar refractivity (Wildman–Crippen MR) is 89.1 cm³/mol. The molecule has 0 aromatic heterocycles. The first kappa shape index (κ1) is 18.3. The zero-order chi connectivity index (χ0) is 17.5. The van der Waals surface area contributed by atoms with Crippen LogP contribution in [0.3, 0.4) is 0 Å². The molecule has 0 saturated carbocycles. The van der Waals surface area contributed by atoms with Gasteiger partial charge in [-0.25, -0.2) is 4.79 Å². The van der Waals surface area contributed by atoms with Crippen LogP contribution in [0.1, 0.15) is 29.5 Å². The molecule has 2 rings (SSSR count). The molecule has 1 aliphatic heterocycles. The van der Waals surface area contributed by atoms with Crippen molar-refractivity contribution >= 4 is 11.9 Å². The normalized spacial score (nSPS) is 16.7. The highest BCUT2D eigenvalue weighted by molar-refractivity contribution is 5.80. The highest BCUT2D eigenvalue weighted by Crippen LogP contribution is 2.24. The quantitative estimate of drug-likeness (QED) is 0.770. The Labute approximate surface area is 142 Å². The van der Waals surface area contributed by atoms with Crippen molar-refractivity contribution in [3.05, 3.63) is 28.8 Å². The zero-order valence-electron chi connectivity index (χ0n) is 14.5. The molecule has 6 nitrogen and oxygen atoms in total. The summed E-state index contributed by atoms with van der Waals surface area (Å²) in [4.78, 5) is 23.4.